The molecule has 0 bridgehead atoms. The average molecular weight is 253 g/mol. The summed E-state index contributed by atoms with van der Waals surface area (Å²) in [7, 11) is 0. The summed E-state index contributed by atoms with van der Waals surface area (Å²) in [5, 5.41) is 3.54. The molecule has 1 rings (SSSR count). The van der Waals surface area contributed by atoms with E-state index >= 15 is 0 Å². The number of rotatable bonds is 6. The number of aryl methyl sites for hydroxylation is 3. The molecule has 0 aliphatic heterocycles. The Morgan fingerprint density at radius 1 is 1.29 bits per heavy atom. The number of hydrogen-bond acceptors (Lipinski definition) is 2. The standard InChI is InChI=1S/C15H27NS/c1-11(2)16-10-15(5,6)8-7-14-9-12(3)17-13(14)4/h9,11,16H,7-8,10H2,1-6H3. The molecule has 0 aliphatic rings. The zero-order valence-corrected chi connectivity index (χ0v) is 13.0. The summed E-state index contributed by atoms with van der Waals surface area (Å²) in [5.74, 6) is 0. The molecule has 0 saturated carbocycles. The largest absolute Gasteiger partial charge is 0.314 e. The van der Waals surface area contributed by atoms with E-state index in [2.05, 4.69) is 52.9 Å². The molecule has 98 valence electrons. The first kappa shape index (κ1) is 14.7. The zero-order valence-electron chi connectivity index (χ0n) is 12.2. The van der Waals surface area contributed by atoms with Gasteiger partial charge in [-0.05, 0) is 43.7 Å². The van der Waals surface area contributed by atoms with Crippen molar-refractivity contribution in [2.24, 2.45) is 5.41 Å². The van der Waals surface area contributed by atoms with Crippen LogP contribution in [0.3, 0.4) is 0 Å². The van der Waals surface area contributed by atoms with Gasteiger partial charge in [0.1, 0.15) is 0 Å². The minimum absolute atomic E-state index is 0.381. The Morgan fingerprint density at radius 3 is 2.41 bits per heavy atom. The second-order valence-corrected chi connectivity index (χ2v) is 7.60. The van der Waals surface area contributed by atoms with Crippen molar-refractivity contribution < 1.29 is 0 Å². The van der Waals surface area contributed by atoms with Gasteiger partial charge in [-0.15, -0.1) is 11.3 Å². The Morgan fingerprint density at radius 2 is 1.94 bits per heavy atom. The van der Waals surface area contributed by atoms with E-state index < -0.39 is 0 Å². The molecule has 0 atom stereocenters. The molecule has 0 spiro atoms. The molecule has 17 heavy (non-hydrogen) atoms. The van der Waals surface area contributed by atoms with Crippen molar-refractivity contribution in [2.75, 3.05) is 6.54 Å². The molecule has 1 N–H and O–H groups in total. The lowest BCUT2D eigenvalue weighted by atomic mass is 9.86. The van der Waals surface area contributed by atoms with Crippen LogP contribution in [-0.2, 0) is 6.42 Å². The molecule has 1 aromatic rings. The van der Waals surface area contributed by atoms with E-state index in [0.29, 0.717) is 11.5 Å². The van der Waals surface area contributed by atoms with Gasteiger partial charge in [-0.3, -0.25) is 0 Å². The maximum absolute atomic E-state index is 3.54. The van der Waals surface area contributed by atoms with Gasteiger partial charge in [0.2, 0.25) is 0 Å². The fraction of sp³-hybridized carbons (Fsp3) is 0.733. The highest BCUT2D eigenvalue weighted by molar-refractivity contribution is 7.12. The molecule has 2 heteroatoms. The minimum Gasteiger partial charge on any atom is -0.314 e. The molecule has 0 aliphatic carbocycles. The SMILES string of the molecule is Cc1cc(CCC(C)(C)CNC(C)C)c(C)s1. The fourth-order valence-corrected chi connectivity index (χ4v) is 2.95. The monoisotopic (exact) mass is 253 g/mol. The van der Waals surface area contributed by atoms with Crippen molar-refractivity contribution in [3.05, 3.63) is 21.4 Å². The van der Waals surface area contributed by atoms with Crippen molar-refractivity contribution in [1.82, 2.24) is 5.32 Å². The summed E-state index contributed by atoms with van der Waals surface area (Å²) in [6, 6.07) is 2.94. The van der Waals surface area contributed by atoms with Gasteiger partial charge in [-0.1, -0.05) is 27.7 Å². The van der Waals surface area contributed by atoms with Crippen LogP contribution in [0.1, 0.15) is 49.4 Å². The Bertz CT molecular complexity index is 350. The van der Waals surface area contributed by atoms with Gasteiger partial charge in [-0.25, -0.2) is 0 Å². The van der Waals surface area contributed by atoms with Gasteiger partial charge in [0, 0.05) is 22.3 Å². The first-order valence-corrected chi connectivity index (χ1v) is 7.41. The quantitative estimate of drug-likeness (QED) is 0.796. The van der Waals surface area contributed by atoms with E-state index in [1.54, 1.807) is 5.56 Å². The van der Waals surface area contributed by atoms with Gasteiger partial charge >= 0.3 is 0 Å². The smallest absolute Gasteiger partial charge is 0.00490 e. The average Bonchev–Trinajstić information content (AvgIpc) is 2.52. The first-order valence-electron chi connectivity index (χ1n) is 6.59. The lowest BCUT2D eigenvalue weighted by Gasteiger charge is -2.26. The molecule has 1 nitrogen and oxygen atoms in total. The zero-order chi connectivity index (χ0) is 13.1. The van der Waals surface area contributed by atoms with Gasteiger partial charge < -0.3 is 5.32 Å². The number of nitrogens with one attached hydrogen (secondary N) is 1. The molecule has 0 unspecified atom stereocenters. The number of thiophene rings is 1. The van der Waals surface area contributed by atoms with E-state index in [4.69, 9.17) is 0 Å². The lowest BCUT2D eigenvalue weighted by molar-refractivity contribution is 0.304. The maximum Gasteiger partial charge on any atom is 0.00490 e. The predicted octanol–water partition coefficient (Wildman–Crippen LogP) is 4.32. The van der Waals surface area contributed by atoms with Crippen molar-refractivity contribution in [3.8, 4) is 0 Å². The van der Waals surface area contributed by atoms with Crippen LogP contribution in [0, 0.1) is 19.3 Å². The Kier molecular flexibility index (Phi) is 5.21. The molecule has 0 aromatic carbocycles. The molecule has 0 fully saturated rings. The van der Waals surface area contributed by atoms with Gasteiger partial charge in [0.15, 0.2) is 0 Å². The van der Waals surface area contributed by atoms with Crippen LogP contribution in [0.4, 0.5) is 0 Å². The Labute approximate surface area is 111 Å². The van der Waals surface area contributed by atoms with E-state index in [0.717, 1.165) is 6.54 Å². The summed E-state index contributed by atoms with van der Waals surface area (Å²) in [5.41, 5.74) is 1.93. The van der Waals surface area contributed by atoms with E-state index in [9.17, 15) is 0 Å². The van der Waals surface area contributed by atoms with Gasteiger partial charge in [-0.2, -0.15) is 0 Å². The van der Waals surface area contributed by atoms with Crippen LogP contribution >= 0.6 is 11.3 Å². The normalized spacial score (nSPS) is 12.4. The third-order valence-electron chi connectivity index (χ3n) is 3.20. The fourth-order valence-electron chi connectivity index (χ4n) is 1.97. The van der Waals surface area contributed by atoms with Crippen molar-refractivity contribution in [3.63, 3.8) is 0 Å². The van der Waals surface area contributed by atoms with Crippen LogP contribution in [0.5, 0.6) is 0 Å². The van der Waals surface area contributed by atoms with Gasteiger partial charge in [0.05, 0.1) is 0 Å². The highest BCUT2D eigenvalue weighted by Gasteiger charge is 2.18. The van der Waals surface area contributed by atoms with Gasteiger partial charge in [0.25, 0.3) is 0 Å². The summed E-state index contributed by atoms with van der Waals surface area (Å²) < 4.78 is 0. The molecule has 0 amide bonds. The summed E-state index contributed by atoms with van der Waals surface area (Å²) in [6.07, 6.45) is 2.46. The molecular weight excluding hydrogens is 226 g/mol. The molecule has 0 radical (unpaired) electrons. The Hall–Kier alpha value is -0.340. The van der Waals surface area contributed by atoms with E-state index in [1.165, 1.54) is 22.6 Å². The highest BCUT2D eigenvalue weighted by atomic mass is 32.1. The van der Waals surface area contributed by atoms with E-state index in [-0.39, 0.29) is 0 Å². The maximum atomic E-state index is 3.54. The second-order valence-electron chi connectivity index (χ2n) is 6.14. The van der Waals surface area contributed by atoms with Crippen LogP contribution in [0.25, 0.3) is 0 Å². The third-order valence-corrected chi connectivity index (χ3v) is 4.21. The first-order chi connectivity index (χ1) is 7.80. The van der Waals surface area contributed by atoms with Crippen molar-refractivity contribution in [1.29, 1.82) is 0 Å². The van der Waals surface area contributed by atoms with Crippen LogP contribution in [-0.4, -0.2) is 12.6 Å². The van der Waals surface area contributed by atoms with Crippen LogP contribution in [0.2, 0.25) is 0 Å². The summed E-state index contributed by atoms with van der Waals surface area (Å²) >= 11 is 1.92. The van der Waals surface area contributed by atoms with E-state index in [1.807, 2.05) is 11.3 Å². The molecule has 1 heterocycles. The van der Waals surface area contributed by atoms with Crippen molar-refractivity contribution >= 4 is 11.3 Å². The minimum atomic E-state index is 0.381. The Balaban J connectivity index is 2.46. The second kappa shape index (κ2) is 6.01. The third kappa shape index (κ3) is 5.22. The summed E-state index contributed by atoms with van der Waals surface area (Å²) in [4.78, 5) is 2.94. The predicted molar refractivity (Wildman–Crippen MR) is 79.0 cm³/mol. The number of hydrogen-bond donors (Lipinski definition) is 1. The summed E-state index contributed by atoms with van der Waals surface area (Å²) in [6.45, 7) is 14.7. The highest BCUT2D eigenvalue weighted by Crippen LogP contribution is 2.27. The van der Waals surface area contributed by atoms with Crippen LogP contribution < -0.4 is 5.32 Å². The lowest BCUT2D eigenvalue weighted by Crippen LogP contribution is -2.34. The molecule has 1 aromatic heterocycles. The topological polar surface area (TPSA) is 12.0 Å². The van der Waals surface area contributed by atoms with Crippen molar-refractivity contribution in [2.45, 2.75) is 60.4 Å². The van der Waals surface area contributed by atoms with Crippen LogP contribution in [0.15, 0.2) is 6.07 Å². The molecular formula is C15H27NS. The molecule has 0 saturated heterocycles.